The fourth-order valence-corrected chi connectivity index (χ4v) is 2.96. The molecule has 1 aliphatic carbocycles. The first-order valence-electron chi connectivity index (χ1n) is 5.60. The Balaban J connectivity index is 2.00. The number of aryl methyl sites for hydroxylation is 1. The van der Waals surface area contributed by atoms with Gasteiger partial charge in [0.15, 0.2) is 0 Å². The highest BCUT2D eigenvalue weighted by molar-refractivity contribution is 7.10. The van der Waals surface area contributed by atoms with E-state index in [1.54, 1.807) is 16.2 Å². The molecule has 3 nitrogen and oxygen atoms in total. The van der Waals surface area contributed by atoms with Crippen molar-refractivity contribution in [1.82, 2.24) is 4.90 Å². The summed E-state index contributed by atoms with van der Waals surface area (Å²) in [4.78, 5) is 15.1. The van der Waals surface area contributed by atoms with Crippen LogP contribution in [-0.2, 0) is 11.3 Å². The molecule has 0 aromatic carbocycles. The van der Waals surface area contributed by atoms with Crippen LogP contribution in [0.3, 0.4) is 0 Å². The lowest BCUT2D eigenvalue weighted by molar-refractivity contribution is -0.139. The van der Waals surface area contributed by atoms with E-state index in [1.165, 1.54) is 10.4 Å². The van der Waals surface area contributed by atoms with Crippen molar-refractivity contribution in [3.8, 4) is 0 Å². The van der Waals surface area contributed by atoms with Crippen molar-refractivity contribution >= 4 is 17.2 Å². The molecule has 1 amide bonds. The van der Waals surface area contributed by atoms with Gasteiger partial charge in [0.05, 0.1) is 12.1 Å². The van der Waals surface area contributed by atoms with E-state index in [9.17, 15) is 4.79 Å². The number of carbonyl (C=O) groups excluding carboxylic acids is 1. The molecule has 1 aromatic heterocycles. The average Bonchev–Trinajstić information content (AvgIpc) is 2.60. The maximum absolute atomic E-state index is 12.1. The molecule has 0 spiro atoms. The van der Waals surface area contributed by atoms with E-state index in [4.69, 9.17) is 5.73 Å². The summed E-state index contributed by atoms with van der Waals surface area (Å²) in [6.45, 7) is 2.76. The van der Waals surface area contributed by atoms with Gasteiger partial charge in [-0.2, -0.15) is 0 Å². The van der Waals surface area contributed by atoms with Gasteiger partial charge in [-0.15, -0.1) is 11.3 Å². The van der Waals surface area contributed by atoms with Crippen LogP contribution in [0.5, 0.6) is 0 Å². The Hall–Kier alpha value is -0.870. The first kappa shape index (κ1) is 11.6. The molecule has 1 fully saturated rings. The van der Waals surface area contributed by atoms with Crippen molar-refractivity contribution < 1.29 is 4.79 Å². The molecule has 0 atom stereocenters. The lowest BCUT2D eigenvalue weighted by atomic mass is 9.76. The Morgan fingerprint density at radius 2 is 2.31 bits per heavy atom. The maximum Gasteiger partial charge on any atom is 0.242 e. The first-order chi connectivity index (χ1) is 7.53. The molecule has 0 aliphatic heterocycles. The molecule has 1 aliphatic rings. The monoisotopic (exact) mass is 238 g/mol. The van der Waals surface area contributed by atoms with E-state index in [0.29, 0.717) is 6.54 Å². The Kier molecular flexibility index (Phi) is 3.04. The molecule has 4 heteroatoms. The summed E-state index contributed by atoms with van der Waals surface area (Å²) in [5, 5.41) is 2.06. The van der Waals surface area contributed by atoms with Gasteiger partial charge in [0.2, 0.25) is 5.91 Å². The summed E-state index contributed by atoms with van der Waals surface area (Å²) in [6, 6.07) is 2.08. The number of rotatable bonds is 3. The van der Waals surface area contributed by atoms with Crippen molar-refractivity contribution in [1.29, 1.82) is 0 Å². The standard InChI is InChI=1S/C12H18N2OS/c1-9-4-7-16-10(9)8-14(2)11(15)12(13)5-3-6-12/h4,7H,3,5-6,8,13H2,1-2H3. The zero-order valence-corrected chi connectivity index (χ0v) is 10.6. The number of likely N-dealkylation sites (N-methyl/N-ethyl adjacent to an activating group) is 1. The fraction of sp³-hybridized carbons (Fsp3) is 0.583. The third-order valence-electron chi connectivity index (χ3n) is 3.37. The van der Waals surface area contributed by atoms with Crippen molar-refractivity contribution in [2.24, 2.45) is 5.73 Å². The minimum atomic E-state index is -0.570. The largest absolute Gasteiger partial charge is 0.339 e. The minimum Gasteiger partial charge on any atom is -0.339 e. The molecule has 0 saturated heterocycles. The van der Waals surface area contributed by atoms with E-state index < -0.39 is 5.54 Å². The SMILES string of the molecule is Cc1ccsc1CN(C)C(=O)C1(N)CCC1. The summed E-state index contributed by atoms with van der Waals surface area (Å²) < 4.78 is 0. The molecule has 0 radical (unpaired) electrons. The number of carbonyl (C=O) groups is 1. The van der Waals surface area contributed by atoms with Crippen LogP contribution in [0.25, 0.3) is 0 Å². The van der Waals surface area contributed by atoms with Gasteiger partial charge in [-0.1, -0.05) is 0 Å². The normalized spacial score (nSPS) is 17.9. The second-order valence-corrected chi connectivity index (χ2v) is 5.70. The summed E-state index contributed by atoms with van der Waals surface area (Å²) in [5.41, 5.74) is 6.71. The quantitative estimate of drug-likeness (QED) is 0.874. The molecule has 0 bridgehead atoms. The number of hydrogen-bond acceptors (Lipinski definition) is 3. The summed E-state index contributed by atoms with van der Waals surface area (Å²) in [7, 11) is 1.84. The number of nitrogens with zero attached hydrogens (tertiary/aromatic N) is 1. The lowest BCUT2D eigenvalue weighted by Crippen LogP contribution is -2.58. The summed E-state index contributed by atoms with van der Waals surface area (Å²) in [6.07, 6.45) is 2.74. The molecule has 0 unspecified atom stereocenters. The van der Waals surface area contributed by atoms with Crippen LogP contribution in [0.2, 0.25) is 0 Å². The molecular formula is C12H18N2OS. The smallest absolute Gasteiger partial charge is 0.242 e. The molecule has 1 aromatic rings. The van der Waals surface area contributed by atoms with Crippen LogP contribution in [0, 0.1) is 6.92 Å². The van der Waals surface area contributed by atoms with Crippen molar-refractivity contribution in [3.63, 3.8) is 0 Å². The molecule has 88 valence electrons. The molecule has 2 N–H and O–H groups in total. The maximum atomic E-state index is 12.1. The first-order valence-corrected chi connectivity index (χ1v) is 6.48. The highest BCUT2D eigenvalue weighted by Gasteiger charge is 2.41. The van der Waals surface area contributed by atoms with Crippen molar-refractivity contribution in [2.45, 2.75) is 38.3 Å². The van der Waals surface area contributed by atoms with Crippen LogP contribution in [0.4, 0.5) is 0 Å². The highest BCUT2D eigenvalue weighted by atomic mass is 32.1. The molecule has 1 heterocycles. The predicted octanol–water partition coefficient (Wildman–Crippen LogP) is 1.90. The van der Waals surface area contributed by atoms with Gasteiger partial charge in [0.25, 0.3) is 0 Å². The van der Waals surface area contributed by atoms with Gasteiger partial charge >= 0.3 is 0 Å². The highest BCUT2D eigenvalue weighted by Crippen LogP contribution is 2.31. The zero-order chi connectivity index (χ0) is 11.8. The topological polar surface area (TPSA) is 46.3 Å². The average molecular weight is 238 g/mol. The van der Waals surface area contributed by atoms with Crippen LogP contribution in [-0.4, -0.2) is 23.4 Å². The van der Waals surface area contributed by atoms with Gasteiger partial charge in [0, 0.05) is 11.9 Å². The number of nitrogens with two attached hydrogens (primary N) is 1. The van der Waals surface area contributed by atoms with Gasteiger partial charge in [-0.3, -0.25) is 4.79 Å². The zero-order valence-electron chi connectivity index (χ0n) is 9.82. The molecule has 1 saturated carbocycles. The van der Waals surface area contributed by atoms with Crippen molar-refractivity contribution in [3.05, 3.63) is 21.9 Å². The molecule has 16 heavy (non-hydrogen) atoms. The van der Waals surface area contributed by atoms with Crippen LogP contribution >= 0.6 is 11.3 Å². The Labute approximate surface area is 100 Å². The second kappa shape index (κ2) is 4.18. The van der Waals surface area contributed by atoms with E-state index in [2.05, 4.69) is 18.4 Å². The number of thiophene rings is 1. The number of hydrogen-bond donors (Lipinski definition) is 1. The predicted molar refractivity (Wildman–Crippen MR) is 66.3 cm³/mol. The third-order valence-corrected chi connectivity index (χ3v) is 4.38. The Morgan fingerprint density at radius 3 is 2.75 bits per heavy atom. The lowest BCUT2D eigenvalue weighted by Gasteiger charge is -2.39. The van der Waals surface area contributed by atoms with E-state index in [0.717, 1.165) is 19.3 Å². The third kappa shape index (κ3) is 1.99. The van der Waals surface area contributed by atoms with E-state index >= 15 is 0 Å². The van der Waals surface area contributed by atoms with Gasteiger partial charge in [0.1, 0.15) is 0 Å². The molecule has 2 rings (SSSR count). The minimum absolute atomic E-state index is 0.0894. The Bertz CT molecular complexity index is 395. The van der Waals surface area contributed by atoms with Crippen LogP contribution < -0.4 is 5.73 Å². The summed E-state index contributed by atoms with van der Waals surface area (Å²) >= 11 is 1.70. The van der Waals surface area contributed by atoms with Crippen molar-refractivity contribution in [2.75, 3.05) is 7.05 Å². The molecular weight excluding hydrogens is 220 g/mol. The van der Waals surface area contributed by atoms with Gasteiger partial charge < -0.3 is 10.6 Å². The van der Waals surface area contributed by atoms with Gasteiger partial charge in [-0.25, -0.2) is 0 Å². The van der Waals surface area contributed by atoms with Crippen LogP contribution in [0.1, 0.15) is 29.7 Å². The Morgan fingerprint density at radius 1 is 1.62 bits per heavy atom. The van der Waals surface area contributed by atoms with E-state index in [1.807, 2.05) is 7.05 Å². The summed E-state index contributed by atoms with van der Waals surface area (Å²) in [5.74, 6) is 0.0894. The van der Waals surface area contributed by atoms with Crippen LogP contribution in [0.15, 0.2) is 11.4 Å². The second-order valence-electron chi connectivity index (χ2n) is 4.70. The van der Waals surface area contributed by atoms with Gasteiger partial charge in [-0.05, 0) is 43.2 Å². The fourth-order valence-electron chi connectivity index (χ4n) is 2.00. The number of amides is 1. The van der Waals surface area contributed by atoms with E-state index in [-0.39, 0.29) is 5.91 Å².